The summed E-state index contributed by atoms with van der Waals surface area (Å²) in [5.41, 5.74) is 1.78. The maximum atomic E-state index is 13.5. The van der Waals surface area contributed by atoms with Crippen LogP contribution in [0.1, 0.15) is 24.1 Å². The van der Waals surface area contributed by atoms with Crippen LogP contribution in [0.15, 0.2) is 48.8 Å². The number of aromatic nitrogens is 1. The summed E-state index contributed by atoms with van der Waals surface area (Å²) in [4.78, 5) is 4.04. The Kier molecular flexibility index (Phi) is 3.83. The summed E-state index contributed by atoms with van der Waals surface area (Å²) >= 11 is 0. The van der Waals surface area contributed by atoms with Gasteiger partial charge < -0.3 is 5.32 Å². The predicted molar refractivity (Wildman–Crippen MR) is 65.9 cm³/mol. The number of hydrogen-bond donors (Lipinski definition) is 1. The zero-order chi connectivity index (χ0) is 12.1. The van der Waals surface area contributed by atoms with E-state index in [1.54, 1.807) is 24.5 Å². The molecule has 3 heteroatoms. The van der Waals surface area contributed by atoms with Crippen LogP contribution in [-0.2, 0) is 6.54 Å². The van der Waals surface area contributed by atoms with Crippen molar-refractivity contribution in [3.8, 4) is 0 Å². The topological polar surface area (TPSA) is 24.9 Å². The molecule has 1 aromatic carbocycles. The molecule has 1 N–H and O–H groups in total. The Morgan fingerprint density at radius 2 is 2.06 bits per heavy atom. The average Bonchev–Trinajstić information content (AvgIpc) is 2.38. The van der Waals surface area contributed by atoms with Crippen LogP contribution in [0.3, 0.4) is 0 Å². The van der Waals surface area contributed by atoms with Crippen LogP contribution >= 0.6 is 0 Å². The van der Waals surface area contributed by atoms with Gasteiger partial charge in [-0.15, -0.1) is 0 Å². The number of nitrogens with one attached hydrogen (secondary N) is 1. The second kappa shape index (κ2) is 5.55. The third kappa shape index (κ3) is 3.11. The molecule has 0 bridgehead atoms. The zero-order valence-electron chi connectivity index (χ0n) is 9.73. The molecule has 0 spiro atoms. The standard InChI is InChI=1S/C14H15FN2/c1-11(13-6-2-3-7-14(13)15)17-10-12-5-4-8-16-9-12/h2-9,11,17H,10H2,1H3. The van der Waals surface area contributed by atoms with Gasteiger partial charge in [0.05, 0.1) is 0 Å². The van der Waals surface area contributed by atoms with Gasteiger partial charge in [-0.2, -0.15) is 0 Å². The first-order chi connectivity index (χ1) is 8.27. The summed E-state index contributed by atoms with van der Waals surface area (Å²) < 4.78 is 13.5. The van der Waals surface area contributed by atoms with E-state index in [-0.39, 0.29) is 11.9 Å². The van der Waals surface area contributed by atoms with Gasteiger partial charge in [0.2, 0.25) is 0 Å². The van der Waals surface area contributed by atoms with Gasteiger partial charge in [0.25, 0.3) is 0 Å². The van der Waals surface area contributed by atoms with Crippen molar-refractivity contribution >= 4 is 0 Å². The van der Waals surface area contributed by atoms with Crippen molar-refractivity contribution in [3.05, 3.63) is 65.7 Å². The lowest BCUT2D eigenvalue weighted by atomic mass is 10.1. The third-order valence-electron chi connectivity index (χ3n) is 2.71. The first kappa shape index (κ1) is 11.7. The zero-order valence-corrected chi connectivity index (χ0v) is 9.73. The van der Waals surface area contributed by atoms with Gasteiger partial charge in [0, 0.05) is 30.5 Å². The van der Waals surface area contributed by atoms with E-state index in [0.717, 1.165) is 5.56 Å². The molecule has 1 atom stereocenters. The number of halogens is 1. The third-order valence-corrected chi connectivity index (χ3v) is 2.71. The highest BCUT2D eigenvalue weighted by molar-refractivity contribution is 5.20. The summed E-state index contributed by atoms with van der Waals surface area (Å²) in [6, 6.07) is 10.7. The van der Waals surface area contributed by atoms with Crippen LogP contribution in [-0.4, -0.2) is 4.98 Å². The van der Waals surface area contributed by atoms with E-state index in [0.29, 0.717) is 12.1 Å². The van der Waals surface area contributed by atoms with Gasteiger partial charge in [-0.05, 0) is 24.6 Å². The van der Waals surface area contributed by atoms with E-state index in [2.05, 4.69) is 10.3 Å². The monoisotopic (exact) mass is 230 g/mol. The molecule has 0 radical (unpaired) electrons. The summed E-state index contributed by atoms with van der Waals surface area (Å²) in [7, 11) is 0. The van der Waals surface area contributed by atoms with E-state index in [9.17, 15) is 4.39 Å². The molecule has 17 heavy (non-hydrogen) atoms. The van der Waals surface area contributed by atoms with Gasteiger partial charge in [-0.25, -0.2) is 4.39 Å². The van der Waals surface area contributed by atoms with E-state index in [1.807, 2.05) is 25.1 Å². The molecule has 1 aromatic heterocycles. The Hall–Kier alpha value is -1.74. The van der Waals surface area contributed by atoms with Crippen LogP contribution in [0, 0.1) is 5.82 Å². The molecule has 0 aliphatic rings. The molecular formula is C14H15FN2. The van der Waals surface area contributed by atoms with Gasteiger partial charge >= 0.3 is 0 Å². The van der Waals surface area contributed by atoms with Crippen molar-refractivity contribution in [2.24, 2.45) is 0 Å². The number of pyridine rings is 1. The molecule has 1 unspecified atom stereocenters. The fraction of sp³-hybridized carbons (Fsp3) is 0.214. The van der Waals surface area contributed by atoms with E-state index >= 15 is 0 Å². The molecule has 0 saturated heterocycles. The maximum absolute atomic E-state index is 13.5. The first-order valence-electron chi connectivity index (χ1n) is 5.64. The molecule has 0 amide bonds. The summed E-state index contributed by atoms with van der Waals surface area (Å²) in [6.45, 7) is 2.64. The largest absolute Gasteiger partial charge is 0.306 e. The maximum Gasteiger partial charge on any atom is 0.127 e. The van der Waals surface area contributed by atoms with Crippen molar-refractivity contribution in [1.29, 1.82) is 0 Å². The molecule has 0 aliphatic carbocycles. The summed E-state index contributed by atoms with van der Waals surface area (Å²) in [5.74, 6) is -0.168. The highest BCUT2D eigenvalue weighted by Crippen LogP contribution is 2.16. The van der Waals surface area contributed by atoms with Gasteiger partial charge in [-0.3, -0.25) is 4.98 Å². The Bertz CT molecular complexity index is 471. The van der Waals surface area contributed by atoms with Crippen LogP contribution in [0.4, 0.5) is 4.39 Å². The quantitative estimate of drug-likeness (QED) is 0.873. The van der Waals surface area contributed by atoms with Crippen LogP contribution in [0.25, 0.3) is 0 Å². The Labute approximate surface area is 101 Å². The molecule has 2 aromatic rings. The number of rotatable bonds is 4. The Balaban J connectivity index is 1.99. The van der Waals surface area contributed by atoms with E-state index in [4.69, 9.17) is 0 Å². The van der Waals surface area contributed by atoms with Crippen molar-refractivity contribution < 1.29 is 4.39 Å². The second-order valence-electron chi connectivity index (χ2n) is 3.99. The predicted octanol–water partition coefficient (Wildman–Crippen LogP) is 3.07. The van der Waals surface area contributed by atoms with E-state index in [1.165, 1.54) is 6.07 Å². The smallest absolute Gasteiger partial charge is 0.127 e. The van der Waals surface area contributed by atoms with Crippen LogP contribution < -0.4 is 5.32 Å². The van der Waals surface area contributed by atoms with E-state index < -0.39 is 0 Å². The van der Waals surface area contributed by atoms with Gasteiger partial charge in [-0.1, -0.05) is 24.3 Å². The first-order valence-corrected chi connectivity index (χ1v) is 5.64. The number of benzene rings is 1. The fourth-order valence-electron chi connectivity index (χ4n) is 1.71. The van der Waals surface area contributed by atoms with Crippen LogP contribution in [0.5, 0.6) is 0 Å². The molecule has 1 heterocycles. The molecule has 2 rings (SSSR count). The minimum absolute atomic E-state index is 0.0172. The molecule has 2 nitrogen and oxygen atoms in total. The van der Waals surface area contributed by atoms with Crippen molar-refractivity contribution in [2.45, 2.75) is 19.5 Å². The Morgan fingerprint density at radius 1 is 1.24 bits per heavy atom. The lowest BCUT2D eigenvalue weighted by Gasteiger charge is -2.14. The minimum atomic E-state index is -0.168. The molecular weight excluding hydrogens is 215 g/mol. The number of nitrogens with zero attached hydrogens (tertiary/aromatic N) is 1. The average molecular weight is 230 g/mol. The summed E-state index contributed by atoms with van der Waals surface area (Å²) in [6.07, 6.45) is 3.55. The van der Waals surface area contributed by atoms with Crippen molar-refractivity contribution in [3.63, 3.8) is 0 Å². The second-order valence-corrected chi connectivity index (χ2v) is 3.99. The van der Waals surface area contributed by atoms with Gasteiger partial charge in [0.15, 0.2) is 0 Å². The molecule has 0 aliphatic heterocycles. The van der Waals surface area contributed by atoms with Crippen LogP contribution in [0.2, 0.25) is 0 Å². The fourth-order valence-corrected chi connectivity index (χ4v) is 1.71. The SMILES string of the molecule is CC(NCc1cccnc1)c1ccccc1F. The van der Waals surface area contributed by atoms with Gasteiger partial charge in [0.1, 0.15) is 5.82 Å². The molecule has 88 valence electrons. The number of hydrogen-bond acceptors (Lipinski definition) is 2. The highest BCUT2D eigenvalue weighted by atomic mass is 19.1. The lowest BCUT2D eigenvalue weighted by Crippen LogP contribution is -2.19. The Morgan fingerprint density at radius 3 is 2.76 bits per heavy atom. The minimum Gasteiger partial charge on any atom is -0.306 e. The normalized spacial score (nSPS) is 12.4. The lowest BCUT2D eigenvalue weighted by molar-refractivity contribution is 0.528. The highest BCUT2D eigenvalue weighted by Gasteiger charge is 2.09. The summed E-state index contributed by atoms with van der Waals surface area (Å²) in [5, 5.41) is 3.28. The van der Waals surface area contributed by atoms with Crippen molar-refractivity contribution in [2.75, 3.05) is 0 Å². The van der Waals surface area contributed by atoms with Crippen molar-refractivity contribution in [1.82, 2.24) is 10.3 Å². The molecule has 0 fully saturated rings. The molecule has 0 saturated carbocycles.